The maximum absolute atomic E-state index is 12.2. The van der Waals surface area contributed by atoms with E-state index in [0.29, 0.717) is 17.0 Å². The Morgan fingerprint density at radius 2 is 2.06 bits per heavy atom. The Morgan fingerprint density at radius 1 is 1.28 bits per heavy atom. The fourth-order valence-corrected chi connectivity index (χ4v) is 3.35. The summed E-state index contributed by atoms with van der Waals surface area (Å²) in [7, 11) is 0. The third kappa shape index (κ3) is 2.55. The standard InChI is InChI=1S/C13H19N3OS/c1-8-4-2-3-5-10(8)12(17)15-13-14-11(16-18-13)9-6-7-9/h8-10H,2-7H2,1H3,(H,14,15,16,17). The van der Waals surface area contributed by atoms with Crippen molar-refractivity contribution in [1.29, 1.82) is 0 Å². The molecule has 3 rings (SSSR count). The van der Waals surface area contributed by atoms with Crippen LogP contribution in [-0.4, -0.2) is 15.3 Å². The largest absolute Gasteiger partial charge is 0.300 e. The van der Waals surface area contributed by atoms with E-state index in [0.717, 1.165) is 12.2 Å². The quantitative estimate of drug-likeness (QED) is 0.913. The molecule has 2 fully saturated rings. The van der Waals surface area contributed by atoms with Crippen LogP contribution in [0.4, 0.5) is 5.13 Å². The summed E-state index contributed by atoms with van der Waals surface area (Å²) in [6.45, 7) is 2.18. The molecule has 0 aliphatic heterocycles. The summed E-state index contributed by atoms with van der Waals surface area (Å²) in [5.74, 6) is 2.27. The molecule has 0 saturated heterocycles. The average molecular weight is 265 g/mol. The van der Waals surface area contributed by atoms with Gasteiger partial charge in [0.15, 0.2) is 0 Å². The van der Waals surface area contributed by atoms with Crippen LogP contribution in [0, 0.1) is 11.8 Å². The van der Waals surface area contributed by atoms with Crippen LogP contribution < -0.4 is 5.32 Å². The summed E-state index contributed by atoms with van der Waals surface area (Å²) >= 11 is 1.32. The molecule has 2 atom stereocenters. The van der Waals surface area contributed by atoms with Gasteiger partial charge in [0.1, 0.15) is 5.82 Å². The lowest BCUT2D eigenvalue weighted by Gasteiger charge is -2.27. The number of nitrogens with one attached hydrogen (secondary N) is 1. The van der Waals surface area contributed by atoms with Gasteiger partial charge in [-0.25, -0.2) is 4.98 Å². The first-order valence-corrected chi connectivity index (χ1v) is 7.66. The number of aromatic nitrogens is 2. The van der Waals surface area contributed by atoms with E-state index in [2.05, 4.69) is 21.6 Å². The Morgan fingerprint density at radius 3 is 2.78 bits per heavy atom. The first-order chi connectivity index (χ1) is 8.74. The van der Waals surface area contributed by atoms with Gasteiger partial charge in [-0.2, -0.15) is 4.37 Å². The second kappa shape index (κ2) is 4.96. The minimum absolute atomic E-state index is 0.140. The maximum atomic E-state index is 12.2. The number of hydrogen-bond acceptors (Lipinski definition) is 4. The van der Waals surface area contributed by atoms with Crippen molar-refractivity contribution in [3.63, 3.8) is 0 Å². The Hall–Kier alpha value is -0.970. The second-order valence-electron chi connectivity index (χ2n) is 5.59. The van der Waals surface area contributed by atoms with Crippen molar-refractivity contribution in [2.75, 3.05) is 5.32 Å². The van der Waals surface area contributed by atoms with E-state index >= 15 is 0 Å². The monoisotopic (exact) mass is 265 g/mol. The number of amides is 1. The fraction of sp³-hybridized carbons (Fsp3) is 0.769. The average Bonchev–Trinajstić information content (AvgIpc) is 3.11. The molecule has 4 nitrogen and oxygen atoms in total. The molecule has 0 bridgehead atoms. The fourth-order valence-electron chi connectivity index (χ4n) is 2.70. The van der Waals surface area contributed by atoms with E-state index in [4.69, 9.17) is 0 Å². The molecule has 0 radical (unpaired) electrons. The van der Waals surface area contributed by atoms with Gasteiger partial charge < -0.3 is 5.32 Å². The number of anilines is 1. The SMILES string of the molecule is CC1CCCCC1C(=O)Nc1nc(C2CC2)ns1. The van der Waals surface area contributed by atoms with Crippen molar-refractivity contribution >= 4 is 22.6 Å². The summed E-state index contributed by atoms with van der Waals surface area (Å²) < 4.78 is 4.31. The van der Waals surface area contributed by atoms with Crippen molar-refractivity contribution in [2.45, 2.75) is 51.4 Å². The number of carbonyl (C=O) groups is 1. The van der Waals surface area contributed by atoms with Crippen LogP contribution in [0.25, 0.3) is 0 Å². The Labute approximate surface area is 111 Å². The zero-order valence-corrected chi connectivity index (χ0v) is 11.5. The molecular formula is C13H19N3OS. The topological polar surface area (TPSA) is 54.9 Å². The van der Waals surface area contributed by atoms with Crippen LogP contribution in [0.1, 0.15) is 57.2 Å². The van der Waals surface area contributed by atoms with Crippen LogP contribution in [0.2, 0.25) is 0 Å². The lowest BCUT2D eigenvalue weighted by atomic mass is 9.80. The van der Waals surface area contributed by atoms with E-state index in [1.54, 1.807) is 0 Å². The van der Waals surface area contributed by atoms with Crippen LogP contribution >= 0.6 is 11.5 Å². The molecule has 18 heavy (non-hydrogen) atoms. The highest BCUT2D eigenvalue weighted by Gasteiger charge is 2.30. The van der Waals surface area contributed by atoms with Crippen molar-refractivity contribution < 1.29 is 4.79 Å². The number of carbonyl (C=O) groups excluding carboxylic acids is 1. The third-order valence-electron chi connectivity index (χ3n) is 4.06. The Bertz CT molecular complexity index is 441. The molecule has 1 N–H and O–H groups in total. The van der Waals surface area contributed by atoms with Gasteiger partial charge in [0.25, 0.3) is 0 Å². The van der Waals surface area contributed by atoms with E-state index in [9.17, 15) is 4.79 Å². The van der Waals surface area contributed by atoms with E-state index in [1.807, 2.05) is 0 Å². The number of nitrogens with zero attached hydrogens (tertiary/aromatic N) is 2. The molecule has 1 aromatic rings. The third-order valence-corrected chi connectivity index (χ3v) is 4.71. The molecule has 2 saturated carbocycles. The molecule has 0 spiro atoms. The molecule has 0 aromatic carbocycles. The lowest BCUT2D eigenvalue weighted by molar-refractivity contribution is -0.122. The van der Waals surface area contributed by atoms with Gasteiger partial charge in [0.05, 0.1) is 0 Å². The van der Waals surface area contributed by atoms with Crippen molar-refractivity contribution in [3.8, 4) is 0 Å². The first-order valence-electron chi connectivity index (χ1n) is 6.88. The molecule has 98 valence electrons. The van der Waals surface area contributed by atoms with Gasteiger partial charge in [-0.05, 0) is 31.6 Å². The van der Waals surface area contributed by atoms with Crippen LogP contribution in [0.3, 0.4) is 0 Å². The molecule has 2 aliphatic rings. The first kappa shape index (κ1) is 12.1. The molecule has 1 aromatic heterocycles. The number of rotatable bonds is 3. The van der Waals surface area contributed by atoms with Crippen LogP contribution in [-0.2, 0) is 4.79 Å². The summed E-state index contributed by atoms with van der Waals surface area (Å²) in [5, 5.41) is 3.63. The van der Waals surface area contributed by atoms with E-state index in [1.165, 1.54) is 43.6 Å². The van der Waals surface area contributed by atoms with Gasteiger partial charge in [0, 0.05) is 23.4 Å². The highest BCUT2D eigenvalue weighted by Crippen LogP contribution is 2.39. The Balaban J connectivity index is 1.61. The van der Waals surface area contributed by atoms with Crippen LogP contribution in [0.5, 0.6) is 0 Å². The van der Waals surface area contributed by atoms with E-state index < -0.39 is 0 Å². The minimum Gasteiger partial charge on any atom is -0.300 e. The Kier molecular flexibility index (Phi) is 3.33. The predicted molar refractivity (Wildman–Crippen MR) is 71.6 cm³/mol. The zero-order valence-electron chi connectivity index (χ0n) is 10.7. The maximum Gasteiger partial charge on any atom is 0.229 e. The molecular weight excluding hydrogens is 246 g/mol. The smallest absolute Gasteiger partial charge is 0.229 e. The van der Waals surface area contributed by atoms with Gasteiger partial charge in [-0.1, -0.05) is 19.8 Å². The van der Waals surface area contributed by atoms with E-state index in [-0.39, 0.29) is 11.8 Å². The van der Waals surface area contributed by atoms with Gasteiger partial charge >= 0.3 is 0 Å². The zero-order chi connectivity index (χ0) is 12.5. The predicted octanol–water partition coefficient (Wildman–Crippen LogP) is 3.18. The van der Waals surface area contributed by atoms with Crippen LogP contribution in [0.15, 0.2) is 0 Å². The summed E-state index contributed by atoms with van der Waals surface area (Å²) in [5.41, 5.74) is 0. The van der Waals surface area contributed by atoms with Gasteiger partial charge in [-0.15, -0.1) is 0 Å². The highest BCUT2D eigenvalue weighted by molar-refractivity contribution is 7.09. The van der Waals surface area contributed by atoms with Gasteiger partial charge in [0.2, 0.25) is 11.0 Å². The molecule has 2 aliphatic carbocycles. The highest BCUT2D eigenvalue weighted by atomic mass is 32.1. The minimum atomic E-state index is 0.140. The molecule has 5 heteroatoms. The summed E-state index contributed by atoms with van der Waals surface area (Å²) in [6.07, 6.45) is 7.01. The van der Waals surface area contributed by atoms with Crippen molar-refractivity contribution in [1.82, 2.24) is 9.36 Å². The summed E-state index contributed by atoms with van der Waals surface area (Å²) in [4.78, 5) is 16.6. The second-order valence-corrected chi connectivity index (χ2v) is 6.34. The molecule has 2 unspecified atom stereocenters. The normalized spacial score (nSPS) is 28.1. The molecule has 1 heterocycles. The summed E-state index contributed by atoms with van der Waals surface area (Å²) in [6, 6.07) is 0. The lowest BCUT2D eigenvalue weighted by Crippen LogP contribution is -2.30. The van der Waals surface area contributed by atoms with Gasteiger partial charge in [-0.3, -0.25) is 4.79 Å². The van der Waals surface area contributed by atoms with Crippen molar-refractivity contribution in [3.05, 3.63) is 5.82 Å². The number of hydrogen-bond donors (Lipinski definition) is 1. The van der Waals surface area contributed by atoms with Crippen molar-refractivity contribution in [2.24, 2.45) is 11.8 Å². The molecule has 1 amide bonds.